The topological polar surface area (TPSA) is 98.1 Å². The van der Waals surface area contributed by atoms with Gasteiger partial charge >= 0.3 is 0 Å². The van der Waals surface area contributed by atoms with Crippen LogP contribution in [0.25, 0.3) is 11.3 Å². The molecule has 0 saturated heterocycles. The van der Waals surface area contributed by atoms with Crippen LogP contribution in [0, 0.1) is 0 Å². The van der Waals surface area contributed by atoms with Gasteiger partial charge in [0.1, 0.15) is 11.4 Å². The maximum atomic E-state index is 12.4. The highest BCUT2D eigenvalue weighted by molar-refractivity contribution is 7.90. The molecule has 7 nitrogen and oxygen atoms in total. The second-order valence-corrected chi connectivity index (χ2v) is 7.26. The lowest BCUT2D eigenvalue weighted by Gasteiger charge is -2.10. The van der Waals surface area contributed by atoms with Crippen LogP contribution in [0.5, 0.6) is 0 Å². The van der Waals surface area contributed by atoms with Crippen LogP contribution in [0.3, 0.4) is 0 Å². The van der Waals surface area contributed by atoms with E-state index in [4.69, 9.17) is 0 Å². The zero-order valence-electron chi connectivity index (χ0n) is 14.0. The number of nitrogens with one attached hydrogen (secondary N) is 1. The van der Waals surface area contributed by atoms with Crippen LogP contribution in [-0.4, -0.2) is 43.0 Å². The van der Waals surface area contributed by atoms with E-state index >= 15 is 0 Å². The number of hydrogen-bond donors (Lipinski definition) is 1. The van der Waals surface area contributed by atoms with Crippen molar-refractivity contribution in [3.63, 3.8) is 0 Å². The van der Waals surface area contributed by atoms with Gasteiger partial charge in [-0.1, -0.05) is 18.2 Å². The molecule has 0 saturated carbocycles. The van der Waals surface area contributed by atoms with Crippen molar-refractivity contribution < 1.29 is 18.0 Å². The summed E-state index contributed by atoms with van der Waals surface area (Å²) in [4.78, 5) is 28.6. The highest BCUT2D eigenvalue weighted by atomic mass is 32.2. The lowest BCUT2D eigenvalue weighted by atomic mass is 10.1. The molecule has 1 aromatic carbocycles. The van der Waals surface area contributed by atoms with Gasteiger partial charge in [0.15, 0.2) is 21.4 Å². The van der Waals surface area contributed by atoms with Gasteiger partial charge in [-0.3, -0.25) is 9.59 Å². The Morgan fingerprint density at radius 1 is 1.25 bits per heavy atom. The number of rotatable bonds is 5. The van der Waals surface area contributed by atoms with Crippen molar-refractivity contribution in [1.29, 1.82) is 0 Å². The van der Waals surface area contributed by atoms with Crippen molar-refractivity contribution in [3.8, 4) is 11.3 Å². The summed E-state index contributed by atoms with van der Waals surface area (Å²) in [6.07, 6.45) is 1.09. The summed E-state index contributed by atoms with van der Waals surface area (Å²) < 4.78 is 25.6. The highest BCUT2D eigenvalue weighted by Gasteiger charge is 2.27. The Hall–Kier alpha value is -2.48. The molecular formula is C16H19N3O4S. The van der Waals surface area contributed by atoms with Gasteiger partial charge in [0, 0.05) is 32.3 Å². The van der Waals surface area contributed by atoms with Crippen LogP contribution in [0.1, 0.15) is 35.0 Å². The van der Waals surface area contributed by atoms with Crippen molar-refractivity contribution in [2.24, 2.45) is 0 Å². The number of ketones is 1. The summed E-state index contributed by atoms with van der Waals surface area (Å²) in [6.45, 7) is 3.49. The number of benzene rings is 1. The monoisotopic (exact) mass is 349 g/mol. The zero-order chi connectivity index (χ0) is 18.1. The maximum absolute atomic E-state index is 12.4. The molecule has 128 valence electrons. The molecule has 24 heavy (non-hydrogen) atoms. The van der Waals surface area contributed by atoms with E-state index in [-0.39, 0.29) is 27.9 Å². The first-order valence-corrected chi connectivity index (χ1v) is 9.24. The summed E-state index contributed by atoms with van der Waals surface area (Å²) in [5.41, 5.74) is 0.650. The largest absolute Gasteiger partial charge is 0.354 e. The van der Waals surface area contributed by atoms with Crippen LogP contribution in [0.15, 0.2) is 29.2 Å². The Bertz CT molecular complexity index is 913. The van der Waals surface area contributed by atoms with Crippen molar-refractivity contribution in [3.05, 3.63) is 35.8 Å². The smallest absolute Gasteiger partial charge is 0.269 e. The summed E-state index contributed by atoms with van der Waals surface area (Å²) >= 11 is 0. The third-order valence-electron chi connectivity index (χ3n) is 3.58. The SMILES string of the molecule is CCn1c(C(C)=O)nc(-c2ccccc2S(C)(=O)=O)c1C(=O)NC. The molecule has 0 spiro atoms. The van der Waals surface area contributed by atoms with Crippen LogP contribution >= 0.6 is 0 Å². The molecule has 1 aromatic heterocycles. The molecule has 0 aliphatic carbocycles. The molecule has 0 aliphatic rings. The molecule has 0 fully saturated rings. The second-order valence-electron chi connectivity index (χ2n) is 5.28. The van der Waals surface area contributed by atoms with E-state index in [1.807, 2.05) is 0 Å². The first-order valence-electron chi connectivity index (χ1n) is 7.35. The predicted molar refractivity (Wildman–Crippen MR) is 89.8 cm³/mol. The number of imidazole rings is 1. The number of nitrogens with zero attached hydrogens (tertiary/aromatic N) is 2. The van der Waals surface area contributed by atoms with Crippen LogP contribution in [0.4, 0.5) is 0 Å². The number of aromatic nitrogens is 2. The number of amides is 1. The van der Waals surface area contributed by atoms with E-state index in [1.54, 1.807) is 25.1 Å². The molecule has 8 heteroatoms. The van der Waals surface area contributed by atoms with E-state index in [1.165, 1.54) is 24.6 Å². The maximum Gasteiger partial charge on any atom is 0.269 e. The third-order valence-corrected chi connectivity index (χ3v) is 4.74. The molecule has 0 aliphatic heterocycles. The van der Waals surface area contributed by atoms with Crippen molar-refractivity contribution >= 4 is 21.5 Å². The summed E-state index contributed by atoms with van der Waals surface area (Å²) in [5, 5.41) is 2.52. The molecule has 1 heterocycles. The zero-order valence-corrected chi connectivity index (χ0v) is 14.8. The van der Waals surface area contributed by atoms with Gasteiger partial charge in [0.05, 0.1) is 4.90 Å². The van der Waals surface area contributed by atoms with Crippen molar-refractivity contribution in [2.75, 3.05) is 13.3 Å². The van der Waals surface area contributed by atoms with Crippen LogP contribution in [-0.2, 0) is 16.4 Å². The lowest BCUT2D eigenvalue weighted by molar-refractivity contribution is 0.0954. The predicted octanol–water partition coefficient (Wildman–Crippen LogP) is 1.54. The van der Waals surface area contributed by atoms with Crippen LogP contribution < -0.4 is 5.32 Å². The van der Waals surface area contributed by atoms with Gasteiger partial charge in [-0.2, -0.15) is 0 Å². The van der Waals surface area contributed by atoms with Crippen molar-refractivity contribution in [2.45, 2.75) is 25.3 Å². The Balaban J connectivity index is 2.91. The number of carbonyl (C=O) groups excluding carboxylic acids is 2. The second kappa shape index (κ2) is 6.56. The van der Waals surface area contributed by atoms with E-state index in [0.29, 0.717) is 12.1 Å². The van der Waals surface area contributed by atoms with Gasteiger partial charge < -0.3 is 9.88 Å². The molecule has 0 atom stereocenters. The fraction of sp³-hybridized carbons (Fsp3) is 0.312. The molecule has 0 unspecified atom stereocenters. The molecule has 1 N–H and O–H groups in total. The summed E-state index contributed by atoms with van der Waals surface area (Å²) in [5.74, 6) is -0.616. The Morgan fingerprint density at radius 2 is 1.88 bits per heavy atom. The molecule has 2 aromatic rings. The Kier molecular flexibility index (Phi) is 4.88. The Labute approximate surface area is 140 Å². The van der Waals surface area contributed by atoms with Gasteiger partial charge in [-0.15, -0.1) is 0 Å². The van der Waals surface area contributed by atoms with Crippen LogP contribution in [0.2, 0.25) is 0 Å². The lowest BCUT2D eigenvalue weighted by Crippen LogP contribution is -2.23. The average Bonchev–Trinajstić information content (AvgIpc) is 2.92. The van der Waals surface area contributed by atoms with Gasteiger partial charge in [-0.05, 0) is 13.0 Å². The Morgan fingerprint density at radius 3 is 2.38 bits per heavy atom. The molecule has 1 amide bonds. The minimum absolute atomic E-state index is 0.0611. The van der Waals surface area contributed by atoms with E-state index in [0.717, 1.165) is 6.26 Å². The number of hydrogen-bond acceptors (Lipinski definition) is 5. The fourth-order valence-electron chi connectivity index (χ4n) is 2.55. The number of sulfone groups is 1. The molecular weight excluding hydrogens is 330 g/mol. The van der Waals surface area contributed by atoms with Gasteiger partial charge in [-0.25, -0.2) is 13.4 Å². The van der Waals surface area contributed by atoms with E-state index in [2.05, 4.69) is 10.3 Å². The van der Waals surface area contributed by atoms with Crippen molar-refractivity contribution in [1.82, 2.24) is 14.9 Å². The normalized spacial score (nSPS) is 11.3. The molecule has 0 radical (unpaired) electrons. The summed E-state index contributed by atoms with van der Waals surface area (Å²) in [6, 6.07) is 6.30. The fourth-order valence-corrected chi connectivity index (χ4v) is 3.44. The standard InChI is InChI=1S/C16H19N3O4S/c1-5-19-14(16(21)17-3)13(18-15(19)10(2)20)11-8-6-7-9-12(11)24(4,22)23/h6-9H,5H2,1-4H3,(H,17,21). The number of carbonyl (C=O) groups is 2. The van der Waals surface area contributed by atoms with E-state index in [9.17, 15) is 18.0 Å². The summed E-state index contributed by atoms with van der Waals surface area (Å²) in [7, 11) is -2.06. The minimum atomic E-state index is -3.53. The average molecular weight is 349 g/mol. The first kappa shape index (κ1) is 17.9. The highest BCUT2D eigenvalue weighted by Crippen LogP contribution is 2.30. The van der Waals surface area contributed by atoms with E-state index < -0.39 is 15.7 Å². The third kappa shape index (κ3) is 3.09. The number of Topliss-reactive ketones (excluding diaryl/α,β-unsaturated/α-hetero) is 1. The van der Waals surface area contributed by atoms with Gasteiger partial charge in [0.25, 0.3) is 5.91 Å². The first-order chi connectivity index (χ1) is 11.2. The molecule has 2 rings (SSSR count). The minimum Gasteiger partial charge on any atom is -0.354 e. The molecule has 0 bridgehead atoms. The van der Waals surface area contributed by atoms with Gasteiger partial charge in [0.2, 0.25) is 0 Å². The quantitative estimate of drug-likeness (QED) is 0.826.